The molecule has 0 atom stereocenters. The van der Waals surface area contributed by atoms with Gasteiger partial charge < -0.3 is 10.2 Å². The van der Waals surface area contributed by atoms with E-state index in [4.69, 9.17) is 0 Å². The monoisotopic (exact) mass is 382 g/mol. The third-order valence-electron chi connectivity index (χ3n) is 5.45. The highest BCUT2D eigenvalue weighted by Gasteiger charge is 2.19. The Morgan fingerprint density at radius 2 is 1.43 bits per heavy atom. The van der Waals surface area contributed by atoms with Crippen molar-refractivity contribution in [2.75, 3.05) is 26.7 Å². The topological polar surface area (TPSA) is 15.3 Å². The van der Waals surface area contributed by atoms with Crippen LogP contribution in [0.4, 0.5) is 8.78 Å². The number of hydrogen-bond donors (Lipinski definition) is 1. The lowest BCUT2D eigenvalue weighted by atomic mass is 9.88. The molecule has 1 fully saturated rings. The molecule has 1 N–H and O–H groups in total. The maximum atomic E-state index is 13.4. The Kier molecular flexibility index (Phi) is 6.99. The molecule has 0 aromatic heterocycles. The molecule has 2 nitrogen and oxygen atoms in total. The summed E-state index contributed by atoms with van der Waals surface area (Å²) in [7, 11) is 1.96. The number of hydrogen-bond acceptors (Lipinski definition) is 2. The van der Waals surface area contributed by atoms with E-state index in [9.17, 15) is 8.78 Å². The zero-order valence-electron chi connectivity index (χ0n) is 16.6. The van der Waals surface area contributed by atoms with Crippen molar-refractivity contribution < 1.29 is 8.78 Å². The lowest BCUT2D eigenvalue weighted by Gasteiger charge is -2.30. The van der Waals surface area contributed by atoms with Crippen LogP contribution in [0.2, 0.25) is 0 Å². The summed E-state index contributed by atoms with van der Waals surface area (Å²) in [5, 5.41) is 3.23. The van der Waals surface area contributed by atoms with Crippen LogP contribution in [0.5, 0.6) is 0 Å². The number of nitrogens with zero attached hydrogens (tertiary/aromatic N) is 1. The summed E-state index contributed by atoms with van der Waals surface area (Å²) in [6.45, 7) is 5.10. The number of piperidine rings is 1. The number of nitrogens with one attached hydrogen (secondary N) is 1. The van der Waals surface area contributed by atoms with E-state index >= 15 is 0 Å². The minimum atomic E-state index is -0.244. The molecule has 0 bridgehead atoms. The third-order valence-corrected chi connectivity index (χ3v) is 5.45. The van der Waals surface area contributed by atoms with Crippen molar-refractivity contribution in [1.29, 1.82) is 0 Å². The maximum absolute atomic E-state index is 13.4. The maximum Gasteiger partial charge on any atom is 0.123 e. The fourth-order valence-corrected chi connectivity index (χ4v) is 3.80. The second-order valence-electron chi connectivity index (χ2n) is 7.15. The average molecular weight is 382 g/mol. The Morgan fingerprint density at radius 1 is 0.929 bits per heavy atom. The van der Waals surface area contributed by atoms with E-state index in [0.717, 1.165) is 55.6 Å². The first-order valence-electron chi connectivity index (χ1n) is 9.90. The molecule has 3 rings (SSSR count). The average Bonchev–Trinajstić information content (AvgIpc) is 2.73. The van der Waals surface area contributed by atoms with Crippen LogP contribution in [0.1, 0.15) is 37.3 Å². The Labute approximate surface area is 166 Å². The molecule has 0 amide bonds. The lowest BCUT2D eigenvalue weighted by molar-refractivity contribution is 0.258. The fourth-order valence-electron chi connectivity index (χ4n) is 3.80. The Morgan fingerprint density at radius 3 is 1.86 bits per heavy atom. The summed E-state index contributed by atoms with van der Waals surface area (Å²) >= 11 is 0. The van der Waals surface area contributed by atoms with Crippen molar-refractivity contribution in [2.24, 2.45) is 0 Å². The molecule has 2 aromatic rings. The van der Waals surface area contributed by atoms with E-state index in [-0.39, 0.29) is 11.6 Å². The van der Waals surface area contributed by atoms with E-state index < -0.39 is 0 Å². The van der Waals surface area contributed by atoms with E-state index in [1.807, 2.05) is 31.3 Å². The molecule has 0 radical (unpaired) electrons. The predicted molar refractivity (Wildman–Crippen MR) is 112 cm³/mol. The predicted octanol–water partition coefficient (Wildman–Crippen LogP) is 5.38. The van der Waals surface area contributed by atoms with Gasteiger partial charge >= 0.3 is 0 Å². The molecule has 0 unspecified atom stereocenters. The highest BCUT2D eigenvalue weighted by molar-refractivity contribution is 5.82. The largest absolute Gasteiger partial charge is 0.392 e. The van der Waals surface area contributed by atoms with Gasteiger partial charge in [0.1, 0.15) is 11.6 Å². The van der Waals surface area contributed by atoms with Crippen LogP contribution in [0.25, 0.3) is 5.57 Å². The fraction of sp³-hybridized carbons (Fsp3) is 0.333. The molecule has 2 aromatic carbocycles. The first kappa shape index (κ1) is 20.3. The van der Waals surface area contributed by atoms with Gasteiger partial charge in [0.25, 0.3) is 0 Å². The summed E-state index contributed by atoms with van der Waals surface area (Å²) in [4.78, 5) is 2.48. The Bertz CT molecular complexity index is 778. The molecular formula is C24H28F2N2. The molecule has 0 saturated carbocycles. The van der Waals surface area contributed by atoms with Gasteiger partial charge in [0.2, 0.25) is 0 Å². The van der Waals surface area contributed by atoms with Gasteiger partial charge in [-0.1, -0.05) is 35.9 Å². The van der Waals surface area contributed by atoms with E-state index in [2.05, 4.69) is 23.2 Å². The molecule has 1 aliphatic rings. The van der Waals surface area contributed by atoms with Gasteiger partial charge in [-0.2, -0.15) is 0 Å². The van der Waals surface area contributed by atoms with E-state index in [1.165, 1.54) is 35.5 Å². The zero-order valence-corrected chi connectivity index (χ0v) is 16.6. The van der Waals surface area contributed by atoms with Crippen LogP contribution in [0.3, 0.4) is 0 Å². The second kappa shape index (κ2) is 9.65. The van der Waals surface area contributed by atoms with Crippen molar-refractivity contribution >= 4 is 5.57 Å². The smallest absolute Gasteiger partial charge is 0.123 e. The van der Waals surface area contributed by atoms with Crippen molar-refractivity contribution in [3.8, 4) is 0 Å². The number of allylic oxidation sites excluding steroid dienone is 1. The molecule has 4 heteroatoms. The molecule has 148 valence electrons. The summed E-state index contributed by atoms with van der Waals surface area (Å²) in [6, 6.07) is 13.2. The number of rotatable bonds is 6. The van der Waals surface area contributed by atoms with Gasteiger partial charge in [-0.15, -0.1) is 0 Å². The Hall–Kier alpha value is -2.46. The minimum absolute atomic E-state index is 0.244. The molecule has 1 aliphatic heterocycles. The molecule has 1 heterocycles. The van der Waals surface area contributed by atoms with Crippen LogP contribution in [-0.4, -0.2) is 31.6 Å². The van der Waals surface area contributed by atoms with Gasteiger partial charge in [0, 0.05) is 32.4 Å². The first-order chi connectivity index (χ1) is 13.6. The second-order valence-corrected chi connectivity index (χ2v) is 7.15. The standard InChI is InChI=1S/C24H28F2N2/c1-3-23(27-2)14-17-28-15-12-20(13-16-28)24(18-4-8-21(25)9-5-18)19-6-10-22(26)11-7-19/h3-11,27H,12-17H2,1-2H3/b23-3-. The highest BCUT2D eigenvalue weighted by Crippen LogP contribution is 2.32. The summed E-state index contributed by atoms with van der Waals surface area (Å²) in [6.07, 6.45) is 5.08. The summed E-state index contributed by atoms with van der Waals surface area (Å²) in [5.41, 5.74) is 5.71. The van der Waals surface area contributed by atoms with Crippen LogP contribution in [-0.2, 0) is 0 Å². The first-order valence-corrected chi connectivity index (χ1v) is 9.90. The molecule has 28 heavy (non-hydrogen) atoms. The van der Waals surface area contributed by atoms with Gasteiger partial charge in [-0.25, -0.2) is 8.78 Å². The van der Waals surface area contributed by atoms with Gasteiger partial charge in [-0.05, 0) is 67.2 Å². The Balaban J connectivity index is 1.81. The van der Waals surface area contributed by atoms with Crippen LogP contribution in [0.15, 0.2) is 65.9 Å². The normalized spacial score (nSPS) is 15.6. The minimum Gasteiger partial charge on any atom is -0.392 e. The van der Waals surface area contributed by atoms with Gasteiger partial charge in [0.15, 0.2) is 0 Å². The van der Waals surface area contributed by atoms with Crippen LogP contribution in [0, 0.1) is 11.6 Å². The SMILES string of the molecule is C/C=C(/CCN1CCC(=C(c2ccc(F)cc2)c2ccc(F)cc2)CC1)NC. The molecular weight excluding hydrogens is 354 g/mol. The summed E-state index contributed by atoms with van der Waals surface area (Å²) < 4.78 is 26.9. The van der Waals surface area contributed by atoms with Crippen molar-refractivity contribution in [3.05, 3.63) is 88.6 Å². The number of halogens is 2. The van der Waals surface area contributed by atoms with Gasteiger partial charge in [-0.3, -0.25) is 0 Å². The summed E-state index contributed by atoms with van der Waals surface area (Å²) in [5.74, 6) is -0.488. The van der Waals surface area contributed by atoms with Crippen LogP contribution >= 0.6 is 0 Å². The van der Waals surface area contributed by atoms with Crippen molar-refractivity contribution in [3.63, 3.8) is 0 Å². The zero-order chi connectivity index (χ0) is 19.9. The van der Waals surface area contributed by atoms with Crippen molar-refractivity contribution in [2.45, 2.75) is 26.2 Å². The quantitative estimate of drug-likeness (QED) is 0.722. The number of benzene rings is 2. The molecule has 0 spiro atoms. The highest BCUT2D eigenvalue weighted by atomic mass is 19.1. The van der Waals surface area contributed by atoms with E-state index in [0.29, 0.717) is 0 Å². The van der Waals surface area contributed by atoms with E-state index in [1.54, 1.807) is 0 Å². The van der Waals surface area contributed by atoms with Gasteiger partial charge in [0.05, 0.1) is 0 Å². The molecule has 0 aliphatic carbocycles. The molecule has 1 saturated heterocycles. The van der Waals surface area contributed by atoms with Crippen LogP contribution < -0.4 is 5.32 Å². The van der Waals surface area contributed by atoms with Crippen molar-refractivity contribution in [1.82, 2.24) is 10.2 Å². The third kappa shape index (κ3) is 5.08. The number of likely N-dealkylation sites (tertiary alicyclic amines) is 1. The lowest BCUT2D eigenvalue weighted by Crippen LogP contribution is -2.32.